The number of aromatic hydroxyl groups is 1. The van der Waals surface area contributed by atoms with Gasteiger partial charge in [0.05, 0.1) is 24.7 Å². The van der Waals surface area contributed by atoms with Gasteiger partial charge >= 0.3 is 0 Å². The Balaban J connectivity index is 1.81. The first-order valence-corrected chi connectivity index (χ1v) is 11.0. The summed E-state index contributed by atoms with van der Waals surface area (Å²) < 4.78 is 2.07. The van der Waals surface area contributed by atoms with Gasteiger partial charge in [-0.2, -0.15) is 0 Å². The van der Waals surface area contributed by atoms with E-state index in [0.29, 0.717) is 25.2 Å². The molecule has 4 aromatic rings. The zero-order valence-electron chi connectivity index (χ0n) is 14.9. The monoisotopic (exact) mass is 528 g/mol. The second-order valence-corrected chi connectivity index (χ2v) is 8.94. The molecule has 0 radical (unpaired) electrons. The van der Waals surface area contributed by atoms with Gasteiger partial charge in [0.2, 0.25) is 0 Å². The summed E-state index contributed by atoms with van der Waals surface area (Å²) in [5.41, 5.74) is 2.75. The topological polar surface area (TPSA) is 62.2 Å². The van der Waals surface area contributed by atoms with Gasteiger partial charge in [0.1, 0.15) is 10.8 Å². The fourth-order valence-corrected chi connectivity index (χ4v) is 4.97. The summed E-state index contributed by atoms with van der Waals surface area (Å²) in [6.07, 6.45) is 1.77. The number of hydrogen-bond acceptors (Lipinski definition) is 4. The number of thiazole rings is 1. The summed E-state index contributed by atoms with van der Waals surface area (Å²) in [5.74, 6) is -0.145. The van der Waals surface area contributed by atoms with Gasteiger partial charge in [0, 0.05) is 5.69 Å². The molecule has 0 saturated heterocycles. The number of anilines is 1. The molecule has 0 spiro atoms. The SMILES string of the molecule is O=C(Nc1ccccc1)C(=Cc1cc(Br)c(O)c(Br)c1)c1nc2ccccc2s1. The smallest absolute Gasteiger partial charge is 0.258 e. The predicted octanol–water partition coefficient (Wildman–Crippen LogP) is 6.71. The zero-order chi connectivity index (χ0) is 20.4. The van der Waals surface area contributed by atoms with Crippen molar-refractivity contribution in [1.82, 2.24) is 4.98 Å². The Bertz CT molecular complexity index is 1180. The molecule has 0 atom stereocenters. The number of nitrogens with zero attached hydrogens (tertiary/aromatic N) is 1. The van der Waals surface area contributed by atoms with E-state index in [-0.39, 0.29) is 11.7 Å². The maximum atomic E-state index is 13.1. The van der Waals surface area contributed by atoms with Gasteiger partial charge < -0.3 is 10.4 Å². The van der Waals surface area contributed by atoms with E-state index in [9.17, 15) is 9.90 Å². The first kappa shape index (κ1) is 19.8. The van der Waals surface area contributed by atoms with Gasteiger partial charge in [0.25, 0.3) is 5.91 Å². The molecule has 0 aliphatic heterocycles. The second-order valence-electron chi connectivity index (χ2n) is 6.20. The summed E-state index contributed by atoms with van der Waals surface area (Å²) in [6, 6.07) is 20.6. The van der Waals surface area contributed by atoms with Crippen LogP contribution in [0.5, 0.6) is 5.75 Å². The van der Waals surface area contributed by atoms with Crippen LogP contribution in [0.25, 0.3) is 21.9 Å². The van der Waals surface area contributed by atoms with Crippen LogP contribution in [0, 0.1) is 0 Å². The van der Waals surface area contributed by atoms with Crippen molar-refractivity contribution in [2.45, 2.75) is 0 Å². The lowest BCUT2D eigenvalue weighted by atomic mass is 10.1. The van der Waals surface area contributed by atoms with Crippen LogP contribution in [0.2, 0.25) is 0 Å². The van der Waals surface area contributed by atoms with Crippen LogP contribution in [0.4, 0.5) is 5.69 Å². The molecule has 4 nitrogen and oxygen atoms in total. The summed E-state index contributed by atoms with van der Waals surface area (Å²) >= 11 is 8.14. The molecule has 0 saturated carbocycles. The number of halogens is 2. The molecule has 4 rings (SSSR count). The molecule has 0 fully saturated rings. The maximum absolute atomic E-state index is 13.1. The van der Waals surface area contributed by atoms with Crippen molar-refractivity contribution in [3.63, 3.8) is 0 Å². The van der Waals surface area contributed by atoms with Crippen LogP contribution < -0.4 is 5.32 Å². The van der Waals surface area contributed by atoms with Gasteiger partial charge in [-0.1, -0.05) is 30.3 Å². The number of para-hydroxylation sites is 2. The van der Waals surface area contributed by atoms with Gasteiger partial charge in [-0.25, -0.2) is 4.98 Å². The summed E-state index contributed by atoms with van der Waals surface area (Å²) in [5, 5.41) is 13.5. The van der Waals surface area contributed by atoms with E-state index in [1.165, 1.54) is 11.3 Å². The number of carbonyl (C=O) groups is 1. The molecule has 3 aromatic carbocycles. The Morgan fingerprint density at radius 3 is 2.34 bits per heavy atom. The number of phenolic OH excluding ortho intramolecular Hbond substituents is 1. The number of hydrogen-bond donors (Lipinski definition) is 2. The van der Waals surface area contributed by atoms with Crippen molar-refractivity contribution in [2.24, 2.45) is 0 Å². The lowest BCUT2D eigenvalue weighted by Crippen LogP contribution is -2.13. The van der Waals surface area contributed by atoms with Crippen LogP contribution in [0.15, 0.2) is 75.7 Å². The van der Waals surface area contributed by atoms with E-state index in [1.54, 1.807) is 18.2 Å². The third-order valence-corrected chi connectivity index (χ3v) is 6.43. The van der Waals surface area contributed by atoms with Crippen molar-refractivity contribution < 1.29 is 9.90 Å². The van der Waals surface area contributed by atoms with Crippen molar-refractivity contribution in [3.05, 3.63) is 86.2 Å². The molecular formula is C22H14Br2N2O2S. The highest BCUT2D eigenvalue weighted by Gasteiger charge is 2.18. The summed E-state index contributed by atoms with van der Waals surface area (Å²) in [6.45, 7) is 0. The highest BCUT2D eigenvalue weighted by Crippen LogP contribution is 2.35. The number of rotatable bonds is 4. The number of phenols is 1. The first-order valence-electron chi connectivity index (χ1n) is 8.63. The number of carbonyl (C=O) groups excluding carboxylic acids is 1. The lowest BCUT2D eigenvalue weighted by Gasteiger charge is -2.08. The maximum Gasteiger partial charge on any atom is 0.258 e. The molecule has 1 aromatic heterocycles. The summed E-state index contributed by atoms with van der Waals surface area (Å²) in [7, 11) is 0. The summed E-state index contributed by atoms with van der Waals surface area (Å²) in [4.78, 5) is 17.8. The Morgan fingerprint density at radius 1 is 1.00 bits per heavy atom. The molecule has 0 bridgehead atoms. The third-order valence-electron chi connectivity index (χ3n) is 4.15. The number of benzene rings is 3. The fraction of sp³-hybridized carbons (Fsp3) is 0. The quantitative estimate of drug-likeness (QED) is 0.289. The van der Waals surface area contributed by atoms with Crippen molar-refractivity contribution in [1.29, 1.82) is 0 Å². The molecule has 2 N–H and O–H groups in total. The molecule has 1 heterocycles. The van der Waals surface area contributed by atoms with Crippen molar-refractivity contribution >= 4 is 76.7 Å². The molecule has 7 heteroatoms. The van der Waals surface area contributed by atoms with Gasteiger partial charge in [-0.3, -0.25) is 4.79 Å². The molecule has 144 valence electrons. The predicted molar refractivity (Wildman–Crippen MR) is 126 cm³/mol. The average molecular weight is 530 g/mol. The Hall–Kier alpha value is -2.48. The van der Waals surface area contributed by atoms with Crippen LogP contribution >= 0.6 is 43.2 Å². The average Bonchev–Trinajstić information content (AvgIpc) is 3.14. The van der Waals surface area contributed by atoms with E-state index >= 15 is 0 Å². The number of nitrogens with one attached hydrogen (secondary N) is 1. The van der Waals surface area contributed by atoms with Crippen molar-refractivity contribution in [2.75, 3.05) is 5.32 Å². The molecule has 0 aliphatic rings. The minimum Gasteiger partial charge on any atom is -0.506 e. The molecule has 0 aliphatic carbocycles. The second kappa shape index (κ2) is 8.49. The fourth-order valence-electron chi connectivity index (χ4n) is 2.77. The van der Waals surface area contributed by atoms with Crippen molar-refractivity contribution in [3.8, 4) is 5.75 Å². The first-order chi connectivity index (χ1) is 14.0. The Labute approximate surface area is 188 Å². The normalized spacial score (nSPS) is 11.6. The minimum atomic E-state index is -0.254. The van der Waals surface area contributed by atoms with Crippen LogP contribution in [-0.2, 0) is 4.79 Å². The Morgan fingerprint density at radius 2 is 1.66 bits per heavy atom. The number of aromatic nitrogens is 1. The minimum absolute atomic E-state index is 0.109. The van der Waals surface area contributed by atoms with E-state index in [0.717, 1.165) is 15.8 Å². The number of amides is 1. The lowest BCUT2D eigenvalue weighted by molar-refractivity contribution is -0.111. The van der Waals surface area contributed by atoms with Gasteiger partial charge in [-0.05, 0) is 79.9 Å². The number of fused-ring (bicyclic) bond motifs is 1. The van der Waals surface area contributed by atoms with E-state index in [1.807, 2.05) is 54.6 Å². The van der Waals surface area contributed by atoms with Crippen LogP contribution in [0.1, 0.15) is 10.6 Å². The van der Waals surface area contributed by atoms with Crippen LogP contribution in [-0.4, -0.2) is 16.0 Å². The van der Waals surface area contributed by atoms with Gasteiger partial charge in [-0.15, -0.1) is 11.3 Å². The standard InChI is InChI=1S/C22H14Br2N2O2S/c23-16-11-13(12-17(24)20(16)27)10-15(21(28)25-14-6-2-1-3-7-14)22-26-18-8-4-5-9-19(18)29-22/h1-12,27H,(H,25,28). The van der Waals surface area contributed by atoms with E-state index in [4.69, 9.17) is 0 Å². The Kier molecular flexibility index (Phi) is 5.80. The van der Waals surface area contributed by atoms with E-state index in [2.05, 4.69) is 42.2 Å². The van der Waals surface area contributed by atoms with E-state index < -0.39 is 0 Å². The third kappa shape index (κ3) is 4.42. The van der Waals surface area contributed by atoms with Gasteiger partial charge in [0.15, 0.2) is 0 Å². The molecule has 29 heavy (non-hydrogen) atoms. The highest BCUT2D eigenvalue weighted by atomic mass is 79.9. The largest absolute Gasteiger partial charge is 0.506 e. The molecular weight excluding hydrogens is 516 g/mol. The molecule has 1 amide bonds. The van der Waals surface area contributed by atoms with Crippen LogP contribution in [0.3, 0.4) is 0 Å². The zero-order valence-corrected chi connectivity index (χ0v) is 18.9. The highest BCUT2D eigenvalue weighted by molar-refractivity contribution is 9.11. The molecule has 0 unspecified atom stereocenters.